The number of pyridine rings is 1. The molecule has 4 heterocycles. The van der Waals surface area contributed by atoms with Gasteiger partial charge in [-0.3, -0.25) is 4.98 Å². The van der Waals surface area contributed by atoms with Crippen molar-refractivity contribution in [1.82, 2.24) is 19.6 Å². The first kappa shape index (κ1) is 10.9. The molecule has 4 rings (SSSR count). The van der Waals surface area contributed by atoms with E-state index in [1.54, 1.807) is 31.1 Å². The third-order valence-corrected chi connectivity index (χ3v) is 3.14. The topological polar surface area (TPSA) is 56.2 Å². The van der Waals surface area contributed by atoms with Crippen molar-refractivity contribution >= 4 is 5.65 Å². The predicted octanol–water partition coefficient (Wildman–Crippen LogP) is 3.05. The number of imidazole rings is 1. The summed E-state index contributed by atoms with van der Waals surface area (Å²) in [4.78, 5) is 8.50. The lowest BCUT2D eigenvalue weighted by molar-refractivity contribution is 0.568. The highest BCUT2D eigenvalue weighted by atomic mass is 16.3. The molecule has 0 radical (unpaired) electrons. The van der Waals surface area contributed by atoms with Crippen LogP contribution in [-0.4, -0.2) is 19.6 Å². The highest BCUT2D eigenvalue weighted by Gasteiger charge is 2.09. The zero-order valence-corrected chi connectivity index (χ0v) is 10.5. The Hall–Kier alpha value is -2.95. The lowest BCUT2D eigenvalue weighted by Crippen LogP contribution is -1.96. The van der Waals surface area contributed by atoms with E-state index < -0.39 is 0 Å². The SMILES string of the molecule is c1cncc(-c2cnc3ccc(-c4ccoc4)nn23)c1. The van der Waals surface area contributed by atoms with Crippen LogP contribution in [0.3, 0.4) is 0 Å². The molecule has 96 valence electrons. The minimum absolute atomic E-state index is 0.802. The van der Waals surface area contributed by atoms with Gasteiger partial charge in [-0.15, -0.1) is 0 Å². The van der Waals surface area contributed by atoms with Crippen molar-refractivity contribution in [2.24, 2.45) is 0 Å². The summed E-state index contributed by atoms with van der Waals surface area (Å²) in [5, 5.41) is 4.62. The van der Waals surface area contributed by atoms with Crippen LogP contribution in [0.25, 0.3) is 28.2 Å². The predicted molar refractivity (Wildman–Crippen MR) is 73.9 cm³/mol. The third-order valence-electron chi connectivity index (χ3n) is 3.14. The van der Waals surface area contributed by atoms with E-state index in [4.69, 9.17) is 4.42 Å². The lowest BCUT2D eigenvalue weighted by atomic mass is 10.2. The maximum Gasteiger partial charge on any atom is 0.154 e. The van der Waals surface area contributed by atoms with Gasteiger partial charge in [0.1, 0.15) is 0 Å². The summed E-state index contributed by atoms with van der Waals surface area (Å²) in [6.07, 6.45) is 8.66. The Balaban J connectivity index is 1.93. The van der Waals surface area contributed by atoms with Gasteiger partial charge in [-0.1, -0.05) is 0 Å². The highest BCUT2D eigenvalue weighted by Crippen LogP contribution is 2.22. The maximum absolute atomic E-state index is 5.10. The fourth-order valence-electron chi connectivity index (χ4n) is 2.15. The zero-order chi connectivity index (χ0) is 13.4. The number of furan rings is 1. The molecule has 0 aromatic carbocycles. The van der Waals surface area contributed by atoms with E-state index in [1.165, 1.54) is 0 Å². The number of fused-ring (bicyclic) bond motifs is 1. The second kappa shape index (κ2) is 4.31. The molecule has 4 aromatic rings. The van der Waals surface area contributed by atoms with Crippen LogP contribution in [0.15, 0.2) is 65.9 Å². The van der Waals surface area contributed by atoms with Crippen LogP contribution in [0, 0.1) is 0 Å². The minimum atomic E-state index is 0.802. The van der Waals surface area contributed by atoms with Crippen LogP contribution in [0.4, 0.5) is 0 Å². The largest absolute Gasteiger partial charge is 0.472 e. The smallest absolute Gasteiger partial charge is 0.154 e. The van der Waals surface area contributed by atoms with Gasteiger partial charge >= 0.3 is 0 Å². The van der Waals surface area contributed by atoms with Crippen molar-refractivity contribution in [3.8, 4) is 22.5 Å². The first-order chi connectivity index (χ1) is 9.92. The molecular formula is C15H10N4O. The van der Waals surface area contributed by atoms with Crippen LogP contribution in [0.5, 0.6) is 0 Å². The molecule has 5 nitrogen and oxygen atoms in total. The van der Waals surface area contributed by atoms with Crippen molar-refractivity contribution in [3.05, 3.63) is 61.4 Å². The average Bonchev–Trinajstić information content (AvgIpc) is 3.17. The molecule has 0 fully saturated rings. The van der Waals surface area contributed by atoms with Gasteiger partial charge in [0.15, 0.2) is 5.65 Å². The normalized spacial score (nSPS) is 11.0. The molecule has 0 aliphatic carbocycles. The molecule has 20 heavy (non-hydrogen) atoms. The average molecular weight is 262 g/mol. The minimum Gasteiger partial charge on any atom is -0.472 e. The quantitative estimate of drug-likeness (QED) is 0.557. The molecule has 0 aliphatic rings. The van der Waals surface area contributed by atoms with E-state index in [1.807, 2.05) is 34.8 Å². The van der Waals surface area contributed by atoms with Crippen LogP contribution >= 0.6 is 0 Å². The molecule has 0 N–H and O–H groups in total. The summed E-state index contributed by atoms with van der Waals surface area (Å²) in [5.74, 6) is 0. The van der Waals surface area contributed by atoms with Gasteiger partial charge in [0, 0.05) is 23.5 Å². The van der Waals surface area contributed by atoms with E-state index in [2.05, 4.69) is 15.1 Å². The number of hydrogen-bond donors (Lipinski definition) is 0. The number of nitrogens with zero attached hydrogens (tertiary/aromatic N) is 4. The summed E-state index contributed by atoms with van der Waals surface area (Å²) in [5.41, 5.74) is 4.48. The summed E-state index contributed by atoms with van der Waals surface area (Å²) in [6.45, 7) is 0. The van der Waals surface area contributed by atoms with Gasteiger partial charge in [0.2, 0.25) is 0 Å². The van der Waals surface area contributed by atoms with E-state index in [9.17, 15) is 0 Å². The molecule has 5 heteroatoms. The van der Waals surface area contributed by atoms with E-state index in [0.29, 0.717) is 0 Å². The van der Waals surface area contributed by atoms with E-state index in [0.717, 1.165) is 28.2 Å². The van der Waals surface area contributed by atoms with Crippen molar-refractivity contribution in [2.45, 2.75) is 0 Å². The maximum atomic E-state index is 5.10. The van der Waals surface area contributed by atoms with E-state index in [-0.39, 0.29) is 0 Å². The number of hydrogen-bond acceptors (Lipinski definition) is 4. The fraction of sp³-hybridized carbons (Fsp3) is 0. The summed E-state index contributed by atoms with van der Waals surface area (Å²) < 4.78 is 6.92. The monoisotopic (exact) mass is 262 g/mol. The molecule has 0 aliphatic heterocycles. The van der Waals surface area contributed by atoms with Crippen molar-refractivity contribution in [2.75, 3.05) is 0 Å². The molecule has 4 aromatic heterocycles. The standard InChI is InChI=1S/C15H10N4O/c1-2-11(8-16-6-1)14-9-17-15-4-3-13(18-19(14)15)12-5-7-20-10-12/h1-10H. The summed E-state index contributed by atoms with van der Waals surface area (Å²) in [6, 6.07) is 9.64. The van der Waals surface area contributed by atoms with Gasteiger partial charge < -0.3 is 4.42 Å². The van der Waals surface area contributed by atoms with Crippen molar-refractivity contribution in [1.29, 1.82) is 0 Å². The second-order valence-electron chi connectivity index (χ2n) is 4.39. The second-order valence-corrected chi connectivity index (χ2v) is 4.39. The van der Waals surface area contributed by atoms with E-state index >= 15 is 0 Å². The van der Waals surface area contributed by atoms with Crippen LogP contribution in [0.1, 0.15) is 0 Å². The molecule has 0 spiro atoms. The Morgan fingerprint density at radius 1 is 1.00 bits per heavy atom. The molecule has 0 atom stereocenters. The molecular weight excluding hydrogens is 252 g/mol. The lowest BCUT2D eigenvalue weighted by Gasteiger charge is -2.02. The third kappa shape index (κ3) is 1.68. The van der Waals surface area contributed by atoms with Crippen LogP contribution in [0.2, 0.25) is 0 Å². The Morgan fingerprint density at radius 3 is 2.80 bits per heavy atom. The Labute approximate surface area is 114 Å². The zero-order valence-electron chi connectivity index (χ0n) is 10.5. The molecule has 0 bridgehead atoms. The first-order valence-corrected chi connectivity index (χ1v) is 6.19. The van der Waals surface area contributed by atoms with Gasteiger partial charge in [-0.2, -0.15) is 5.10 Å². The summed E-state index contributed by atoms with van der Waals surface area (Å²) >= 11 is 0. The molecule has 0 saturated carbocycles. The number of rotatable bonds is 2. The Kier molecular flexibility index (Phi) is 2.35. The van der Waals surface area contributed by atoms with Gasteiger partial charge in [-0.25, -0.2) is 9.50 Å². The molecule has 0 saturated heterocycles. The van der Waals surface area contributed by atoms with Crippen LogP contribution < -0.4 is 0 Å². The Morgan fingerprint density at radius 2 is 2.00 bits per heavy atom. The fourth-order valence-corrected chi connectivity index (χ4v) is 2.15. The first-order valence-electron chi connectivity index (χ1n) is 6.19. The van der Waals surface area contributed by atoms with Crippen molar-refractivity contribution < 1.29 is 4.42 Å². The van der Waals surface area contributed by atoms with Crippen molar-refractivity contribution in [3.63, 3.8) is 0 Å². The molecule has 0 amide bonds. The van der Waals surface area contributed by atoms with Gasteiger partial charge in [-0.05, 0) is 30.3 Å². The van der Waals surface area contributed by atoms with Crippen LogP contribution in [-0.2, 0) is 0 Å². The Bertz CT molecular complexity index is 850. The van der Waals surface area contributed by atoms with Gasteiger partial charge in [0.05, 0.1) is 30.1 Å². The number of aromatic nitrogens is 4. The summed E-state index contributed by atoms with van der Waals surface area (Å²) in [7, 11) is 0. The molecule has 0 unspecified atom stereocenters. The highest BCUT2D eigenvalue weighted by molar-refractivity contribution is 5.64. The van der Waals surface area contributed by atoms with Gasteiger partial charge in [0.25, 0.3) is 0 Å².